The fraction of sp³-hybridized carbons (Fsp3) is 0.308. The van der Waals surface area contributed by atoms with Crippen LogP contribution in [-0.2, 0) is 16.0 Å². The lowest BCUT2D eigenvalue weighted by Crippen LogP contribution is -2.33. The van der Waals surface area contributed by atoms with Gasteiger partial charge in [0.05, 0.1) is 13.0 Å². The molecule has 1 aromatic heterocycles. The molecule has 0 aliphatic carbocycles. The zero-order valence-corrected chi connectivity index (χ0v) is 10.8. The van der Waals surface area contributed by atoms with E-state index in [-0.39, 0.29) is 18.8 Å². The Morgan fingerprint density at radius 3 is 2.95 bits per heavy atom. The molecule has 0 amide bonds. The molecule has 1 aromatic carbocycles. The number of fused-ring (bicyclic) bond motifs is 1. The van der Waals surface area contributed by atoms with Crippen LogP contribution in [0.4, 0.5) is 0 Å². The van der Waals surface area contributed by atoms with Gasteiger partial charge in [0.15, 0.2) is 0 Å². The number of benzene rings is 1. The maximum absolute atomic E-state index is 11.6. The lowest BCUT2D eigenvalue weighted by molar-refractivity contribution is -0.510. The molecule has 2 rings (SSSR count). The van der Waals surface area contributed by atoms with Gasteiger partial charge < -0.3 is 14.8 Å². The van der Waals surface area contributed by atoms with Crippen molar-refractivity contribution in [2.45, 2.75) is 19.4 Å². The molecule has 7 heteroatoms. The summed E-state index contributed by atoms with van der Waals surface area (Å²) < 4.78 is 4.71. The average molecular weight is 278 g/mol. The second-order valence-electron chi connectivity index (χ2n) is 4.30. The third-order valence-electron chi connectivity index (χ3n) is 2.98. The molecule has 0 spiro atoms. The number of nitro groups is 1. The van der Waals surface area contributed by atoms with Gasteiger partial charge in [-0.25, -0.2) is 4.79 Å². The van der Waals surface area contributed by atoms with Crippen molar-refractivity contribution in [3.05, 3.63) is 40.1 Å². The number of carbonyl (C=O) groups excluding carboxylic acids is 1. The summed E-state index contributed by atoms with van der Waals surface area (Å²) in [7, 11) is 0. The standard InChI is InChI=1S/C13H14N2O5/c1-2-20-13(17)12(15(18)19)5-8-7-14-11-4-3-9(16)6-10(8)11/h3-4,6-7,12,14,16H,2,5H2,1H3. The van der Waals surface area contributed by atoms with Crippen molar-refractivity contribution >= 4 is 16.9 Å². The zero-order chi connectivity index (χ0) is 14.7. The molecule has 1 unspecified atom stereocenters. The molecule has 2 N–H and O–H groups in total. The van der Waals surface area contributed by atoms with Crippen molar-refractivity contribution in [1.82, 2.24) is 4.98 Å². The van der Waals surface area contributed by atoms with Gasteiger partial charge in [-0.3, -0.25) is 10.1 Å². The van der Waals surface area contributed by atoms with Crippen LogP contribution >= 0.6 is 0 Å². The number of H-pyrrole nitrogens is 1. The predicted molar refractivity (Wildman–Crippen MR) is 71.1 cm³/mol. The summed E-state index contributed by atoms with van der Waals surface area (Å²) in [4.78, 5) is 24.9. The molecule has 0 radical (unpaired) electrons. The summed E-state index contributed by atoms with van der Waals surface area (Å²) in [5.74, 6) is -0.792. The van der Waals surface area contributed by atoms with Gasteiger partial charge in [0, 0.05) is 22.0 Å². The maximum atomic E-state index is 11.6. The molecular formula is C13H14N2O5. The Bertz CT molecular complexity index is 649. The van der Waals surface area contributed by atoms with Gasteiger partial charge >= 0.3 is 12.0 Å². The van der Waals surface area contributed by atoms with Crippen molar-refractivity contribution in [3.8, 4) is 5.75 Å². The first-order valence-electron chi connectivity index (χ1n) is 6.12. The number of ether oxygens (including phenoxy) is 1. The lowest BCUT2D eigenvalue weighted by atomic mass is 10.1. The van der Waals surface area contributed by atoms with E-state index < -0.39 is 16.9 Å². The first-order valence-corrected chi connectivity index (χ1v) is 6.12. The number of hydrogen-bond acceptors (Lipinski definition) is 5. The van der Waals surface area contributed by atoms with E-state index in [0.717, 1.165) is 5.52 Å². The van der Waals surface area contributed by atoms with E-state index in [1.807, 2.05) is 0 Å². The SMILES string of the molecule is CCOC(=O)C(Cc1c[nH]c2ccc(O)cc12)[N+](=O)[O-]. The Morgan fingerprint density at radius 2 is 2.30 bits per heavy atom. The minimum Gasteiger partial charge on any atom is -0.508 e. The van der Waals surface area contributed by atoms with Gasteiger partial charge in [-0.2, -0.15) is 0 Å². The predicted octanol–water partition coefficient (Wildman–Crippen LogP) is 1.62. The van der Waals surface area contributed by atoms with Crippen LogP contribution in [0.2, 0.25) is 0 Å². The molecule has 1 heterocycles. The monoisotopic (exact) mass is 278 g/mol. The summed E-state index contributed by atoms with van der Waals surface area (Å²) in [5.41, 5.74) is 1.33. The molecule has 0 aliphatic heterocycles. The third-order valence-corrected chi connectivity index (χ3v) is 2.98. The van der Waals surface area contributed by atoms with Gasteiger partial charge in [-0.05, 0) is 30.7 Å². The number of hydrogen-bond donors (Lipinski definition) is 2. The van der Waals surface area contributed by atoms with Crippen molar-refractivity contribution in [2.75, 3.05) is 6.61 Å². The molecule has 0 bridgehead atoms. The normalized spacial score (nSPS) is 12.2. The molecule has 20 heavy (non-hydrogen) atoms. The summed E-state index contributed by atoms with van der Waals surface area (Å²) >= 11 is 0. The second-order valence-corrected chi connectivity index (χ2v) is 4.30. The maximum Gasteiger partial charge on any atom is 0.382 e. The van der Waals surface area contributed by atoms with Gasteiger partial charge in [0.1, 0.15) is 5.75 Å². The minimum atomic E-state index is -1.45. The van der Waals surface area contributed by atoms with E-state index >= 15 is 0 Å². The minimum absolute atomic E-state index is 0.0622. The molecule has 106 valence electrons. The van der Waals surface area contributed by atoms with Crippen LogP contribution < -0.4 is 0 Å². The van der Waals surface area contributed by atoms with E-state index in [1.165, 1.54) is 12.1 Å². The van der Waals surface area contributed by atoms with Crippen molar-refractivity contribution in [1.29, 1.82) is 0 Å². The summed E-state index contributed by atoms with van der Waals surface area (Å²) in [5, 5.41) is 21.1. The molecule has 2 aromatic rings. The number of esters is 1. The number of carbonyl (C=O) groups is 1. The number of nitrogens with zero attached hydrogens (tertiary/aromatic N) is 1. The van der Waals surface area contributed by atoms with E-state index in [1.54, 1.807) is 19.2 Å². The van der Waals surface area contributed by atoms with Gasteiger partial charge in [-0.15, -0.1) is 0 Å². The number of aromatic amines is 1. The largest absolute Gasteiger partial charge is 0.508 e. The van der Waals surface area contributed by atoms with Crippen molar-refractivity contribution in [3.63, 3.8) is 0 Å². The highest BCUT2D eigenvalue weighted by Crippen LogP contribution is 2.24. The Hall–Kier alpha value is -2.57. The van der Waals surface area contributed by atoms with Crippen molar-refractivity contribution < 1.29 is 19.6 Å². The fourth-order valence-corrected chi connectivity index (χ4v) is 2.03. The first kappa shape index (κ1) is 13.9. The Morgan fingerprint density at radius 1 is 1.55 bits per heavy atom. The first-order chi connectivity index (χ1) is 9.52. The molecule has 7 nitrogen and oxygen atoms in total. The Labute approximate surface area is 114 Å². The summed E-state index contributed by atoms with van der Waals surface area (Å²) in [6.07, 6.45) is 1.51. The van der Waals surface area contributed by atoms with Crippen molar-refractivity contribution in [2.24, 2.45) is 0 Å². The number of nitrogens with one attached hydrogen (secondary N) is 1. The van der Waals surface area contributed by atoms with E-state index in [0.29, 0.717) is 10.9 Å². The van der Waals surface area contributed by atoms with E-state index in [2.05, 4.69) is 4.98 Å². The van der Waals surface area contributed by atoms with Crippen LogP contribution in [0.5, 0.6) is 5.75 Å². The fourth-order valence-electron chi connectivity index (χ4n) is 2.03. The number of aromatic nitrogens is 1. The Balaban J connectivity index is 2.31. The summed E-state index contributed by atoms with van der Waals surface area (Å²) in [6.45, 7) is 1.69. The van der Waals surface area contributed by atoms with E-state index in [4.69, 9.17) is 4.74 Å². The quantitative estimate of drug-likeness (QED) is 0.491. The van der Waals surface area contributed by atoms with Crippen LogP contribution in [0, 0.1) is 10.1 Å². The average Bonchev–Trinajstić information content (AvgIpc) is 2.78. The van der Waals surface area contributed by atoms with Crippen LogP contribution in [0.3, 0.4) is 0 Å². The molecule has 0 saturated carbocycles. The third kappa shape index (κ3) is 2.71. The highest BCUT2D eigenvalue weighted by Gasteiger charge is 2.32. The van der Waals surface area contributed by atoms with Gasteiger partial charge in [0.2, 0.25) is 0 Å². The highest BCUT2D eigenvalue weighted by atomic mass is 16.6. The van der Waals surface area contributed by atoms with Gasteiger partial charge in [0.25, 0.3) is 0 Å². The number of aromatic hydroxyl groups is 1. The Kier molecular flexibility index (Phi) is 3.88. The molecular weight excluding hydrogens is 264 g/mol. The number of rotatable bonds is 5. The van der Waals surface area contributed by atoms with Crippen LogP contribution in [0.15, 0.2) is 24.4 Å². The van der Waals surface area contributed by atoms with Crippen LogP contribution in [0.1, 0.15) is 12.5 Å². The molecule has 1 atom stereocenters. The topological polar surface area (TPSA) is 105 Å². The van der Waals surface area contributed by atoms with Crippen LogP contribution in [0.25, 0.3) is 10.9 Å². The van der Waals surface area contributed by atoms with E-state index in [9.17, 15) is 20.0 Å². The lowest BCUT2D eigenvalue weighted by Gasteiger charge is -2.08. The second kappa shape index (κ2) is 5.60. The smallest absolute Gasteiger partial charge is 0.382 e. The highest BCUT2D eigenvalue weighted by molar-refractivity contribution is 5.85. The molecule has 0 saturated heterocycles. The summed E-state index contributed by atoms with van der Waals surface area (Å²) in [6, 6.07) is 3.23. The zero-order valence-electron chi connectivity index (χ0n) is 10.8. The van der Waals surface area contributed by atoms with Crippen LogP contribution in [-0.4, -0.2) is 33.6 Å². The number of phenols is 1. The molecule has 0 aliphatic rings. The van der Waals surface area contributed by atoms with Gasteiger partial charge in [-0.1, -0.05) is 0 Å². The molecule has 0 fully saturated rings. The number of phenolic OH excluding ortho intramolecular Hbond substituents is 1.